The predicted molar refractivity (Wildman–Crippen MR) is 84.7 cm³/mol. The number of halogens is 2. The van der Waals surface area contributed by atoms with Crippen LogP contribution in [-0.4, -0.2) is 19.1 Å². The molecular formula is C17H15ClFNO3. The van der Waals surface area contributed by atoms with Crippen molar-refractivity contribution >= 4 is 17.5 Å². The van der Waals surface area contributed by atoms with E-state index >= 15 is 0 Å². The molecule has 2 aromatic carbocycles. The summed E-state index contributed by atoms with van der Waals surface area (Å²) in [6.07, 6.45) is 0. The van der Waals surface area contributed by atoms with E-state index in [2.05, 4.69) is 5.32 Å². The summed E-state index contributed by atoms with van der Waals surface area (Å²) in [5.74, 6) is 0.316. The zero-order chi connectivity index (χ0) is 16.4. The molecule has 0 aliphatic carbocycles. The van der Waals surface area contributed by atoms with Crippen LogP contribution in [0.3, 0.4) is 0 Å². The Morgan fingerprint density at radius 1 is 1.22 bits per heavy atom. The van der Waals surface area contributed by atoms with E-state index in [1.165, 1.54) is 12.1 Å². The first kappa shape index (κ1) is 15.6. The quantitative estimate of drug-likeness (QED) is 0.929. The van der Waals surface area contributed by atoms with Crippen molar-refractivity contribution in [1.82, 2.24) is 5.32 Å². The highest BCUT2D eigenvalue weighted by atomic mass is 35.5. The van der Waals surface area contributed by atoms with Gasteiger partial charge in [0.2, 0.25) is 0 Å². The number of rotatable bonds is 3. The van der Waals surface area contributed by atoms with E-state index in [4.69, 9.17) is 21.1 Å². The van der Waals surface area contributed by atoms with Gasteiger partial charge in [-0.2, -0.15) is 0 Å². The Morgan fingerprint density at radius 3 is 2.65 bits per heavy atom. The zero-order valence-corrected chi connectivity index (χ0v) is 13.2. The van der Waals surface area contributed by atoms with Crippen LogP contribution in [0.1, 0.15) is 28.9 Å². The van der Waals surface area contributed by atoms with E-state index in [9.17, 15) is 9.18 Å². The molecule has 0 spiro atoms. The van der Waals surface area contributed by atoms with Crippen LogP contribution in [0, 0.1) is 5.82 Å². The van der Waals surface area contributed by atoms with E-state index in [1.807, 2.05) is 6.92 Å². The van der Waals surface area contributed by atoms with E-state index < -0.39 is 0 Å². The lowest BCUT2D eigenvalue weighted by molar-refractivity contribution is 0.0938. The summed E-state index contributed by atoms with van der Waals surface area (Å²) in [6, 6.07) is 8.87. The lowest BCUT2D eigenvalue weighted by atomic mass is 10.1. The van der Waals surface area contributed by atoms with Crippen molar-refractivity contribution in [1.29, 1.82) is 0 Å². The largest absolute Gasteiger partial charge is 0.486 e. The lowest BCUT2D eigenvalue weighted by Crippen LogP contribution is -2.27. The molecule has 0 saturated heterocycles. The Balaban J connectivity index is 1.78. The average molecular weight is 336 g/mol. The number of hydrogen-bond donors (Lipinski definition) is 1. The molecule has 3 rings (SSSR count). The molecule has 23 heavy (non-hydrogen) atoms. The van der Waals surface area contributed by atoms with Crippen molar-refractivity contribution in [3.8, 4) is 11.5 Å². The van der Waals surface area contributed by atoms with Gasteiger partial charge in [-0.3, -0.25) is 4.79 Å². The molecule has 6 heteroatoms. The van der Waals surface area contributed by atoms with Gasteiger partial charge in [-0.25, -0.2) is 4.39 Å². The number of fused-ring (bicyclic) bond motifs is 1. The van der Waals surface area contributed by atoms with Crippen molar-refractivity contribution < 1.29 is 18.7 Å². The van der Waals surface area contributed by atoms with Crippen LogP contribution in [0.15, 0.2) is 36.4 Å². The van der Waals surface area contributed by atoms with Crippen LogP contribution in [0.4, 0.5) is 4.39 Å². The number of nitrogens with one attached hydrogen (secondary N) is 1. The van der Waals surface area contributed by atoms with Crippen molar-refractivity contribution in [2.24, 2.45) is 0 Å². The van der Waals surface area contributed by atoms with Crippen molar-refractivity contribution in [2.75, 3.05) is 13.2 Å². The van der Waals surface area contributed by atoms with Gasteiger partial charge in [0.1, 0.15) is 19.0 Å². The standard InChI is InChI=1S/C17H15ClFNO3/c1-10(11-2-4-13(19)5-3-11)20-17(21)12-8-14(18)16-15(9-12)22-6-7-23-16/h2-5,8-10H,6-7H2,1H3,(H,20,21). The summed E-state index contributed by atoms with van der Waals surface area (Å²) in [7, 11) is 0. The molecule has 0 radical (unpaired) electrons. The highest BCUT2D eigenvalue weighted by Gasteiger charge is 2.20. The molecule has 2 aromatic rings. The van der Waals surface area contributed by atoms with Gasteiger partial charge < -0.3 is 14.8 Å². The van der Waals surface area contributed by atoms with Gasteiger partial charge in [-0.15, -0.1) is 0 Å². The maximum atomic E-state index is 13.0. The Hall–Kier alpha value is -2.27. The van der Waals surface area contributed by atoms with Gasteiger partial charge in [0.05, 0.1) is 11.1 Å². The molecule has 1 aliphatic rings. The van der Waals surface area contributed by atoms with Crippen LogP contribution in [-0.2, 0) is 0 Å². The first-order chi connectivity index (χ1) is 11.0. The van der Waals surface area contributed by atoms with Gasteiger partial charge in [-0.05, 0) is 36.8 Å². The van der Waals surface area contributed by atoms with Crippen LogP contribution < -0.4 is 14.8 Å². The van der Waals surface area contributed by atoms with E-state index in [0.717, 1.165) is 5.56 Å². The Morgan fingerprint density at radius 2 is 1.91 bits per heavy atom. The average Bonchev–Trinajstić information content (AvgIpc) is 2.55. The first-order valence-electron chi connectivity index (χ1n) is 7.20. The minimum absolute atomic E-state index is 0.268. The fourth-order valence-electron chi connectivity index (χ4n) is 2.36. The molecule has 0 aromatic heterocycles. The highest BCUT2D eigenvalue weighted by Crippen LogP contribution is 2.38. The van der Waals surface area contributed by atoms with E-state index in [0.29, 0.717) is 35.3 Å². The molecule has 1 heterocycles. The summed E-state index contributed by atoms with van der Waals surface area (Å²) in [6.45, 7) is 2.67. The second-order valence-electron chi connectivity index (χ2n) is 5.23. The Kier molecular flexibility index (Phi) is 4.39. The molecule has 1 aliphatic heterocycles. The maximum absolute atomic E-state index is 13.0. The summed E-state index contributed by atoms with van der Waals surface area (Å²) in [4.78, 5) is 12.4. The third-order valence-corrected chi connectivity index (χ3v) is 3.86. The van der Waals surface area contributed by atoms with Gasteiger partial charge in [0.25, 0.3) is 5.91 Å². The van der Waals surface area contributed by atoms with Gasteiger partial charge in [0, 0.05) is 5.56 Å². The number of ether oxygens (including phenoxy) is 2. The van der Waals surface area contributed by atoms with Gasteiger partial charge in [-0.1, -0.05) is 23.7 Å². The first-order valence-corrected chi connectivity index (χ1v) is 7.58. The molecule has 1 unspecified atom stereocenters. The van der Waals surface area contributed by atoms with Crippen molar-refractivity contribution in [2.45, 2.75) is 13.0 Å². The number of carbonyl (C=O) groups is 1. The lowest BCUT2D eigenvalue weighted by Gasteiger charge is -2.20. The van der Waals surface area contributed by atoms with Gasteiger partial charge >= 0.3 is 0 Å². The SMILES string of the molecule is CC(NC(=O)c1cc(Cl)c2c(c1)OCCO2)c1ccc(F)cc1. The molecule has 0 fully saturated rings. The molecule has 0 saturated carbocycles. The number of carbonyl (C=O) groups excluding carboxylic acids is 1. The number of amides is 1. The molecule has 1 atom stereocenters. The van der Waals surface area contributed by atoms with Crippen LogP contribution >= 0.6 is 11.6 Å². The minimum Gasteiger partial charge on any atom is -0.486 e. The number of hydrogen-bond acceptors (Lipinski definition) is 3. The zero-order valence-electron chi connectivity index (χ0n) is 12.4. The summed E-state index contributed by atoms with van der Waals surface area (Å²) in [5, 5.41) is 3.18. The molecule has 4 nitrogen and oxygen atoms in total. The fourth-order valence-corrected chi connectivity index (χ4v) is 2.62. The van der Waals surface area contributed by atoms with Gasteiger partial charge in [0.15, 0.2) is 11.5 Å². The highest BCUT2D eigenvalue weighted by molar-refractivity contribution is 6.32. The predicted octanol–water partition coefficient (Wildman–Crippen LogP) is 3.74. The van der Waals surface area contributed by atoms with Crippen molar-refractivity contribution in [3.63, 3.8) is 0 Å². The normalized spacial score (nSPS) is 14.2. The van der Waals surface area contributed by atoms with Crippen LogP contribution in [0.5, 0.6) is 11.5 Å². The Labute approximate surface area is 138 Å². The Bertz CT molecular complexity index is 733. The second kappa shape index (κ2) is 6.46. The molecule has 120 valence electrons. The molecule has 1 N–H and O–H groups in total. The third-order valence-electron chi connectivity index (χ3n) is 3.58. The molecule has 0 bridgehead atoms. The smallest absolute Gasteiger partial charge is 0.251 e. The summed E-state index contributed by atoms with van der Waals surface area (Å²) in [5.41, 5.74) is 1.19. The summed E-state index contributed by atoms with van der Waals surface area (Å²) < 4.78 is 23.8. The molecular weight excluding hydrogens is 321 g/mol. The van der Waals surface area contributed by atoms with Crippen LogP contribution in [0.2, 0.25) is 5.02 Å². The molecule has 1 amide bonds. The van der Waals surface area contributed by atoms with E-state index in [1.54, 1.807) is 24.3 Å². The minimum atomic E-state index is -0.314. The number of benzene rings is 2. The summed E-state index contributed by atoms with van der Waals surface area (Å²) >= 11 is 6.14. The topological polar surface area (TPSA) is 47.6 Å². The monoisotopic (exact) mass is 335 g/mol. The third kappa shape index (κ3) is 3.40. The van der Waals surface area contributed by atoms with Crippen molar-refractivity contribution in [3.05, 3.63) is 58.4 Å². The fraction of sp³-hybridized carbons (Fsp3) is 0.235. The maximum Gasteiger partial charge on any atom is 0.251 e. The van der Waals surface area contributed by atoms with Crippen LogP contribution in [0.25, 0.3) is 0 Å². The van der Waals surface area contributed by atoms with E-state index in [-0.39, 0.29) is 17.8 Å². The second-order valence-corrected chi connectivity index (χ2v) is 5.64.